The summed E-state index contributed by atoms with van der Waals surface area (Å²) in [6.07, 6.45) is 0.927. The van der Waals surface area contributed by atoms with Gasteiger partial charge in [0, 0.05) is 19.0 Å². The molecule has 28 heavy (non-hydrogen) atoms. The number of nitrogens with one attached hydrogen (secondary N) is 1. The highest BCUT2D eigenvalue weighted by Gasteiger charge is 2.36. The van der Waals surface area contributed by atoms with E-state index in [-0.39, 0.29) is 25.0 Å². The highest BCUT2D eigenvalue weighted by molar-refractivity contribution is 6.40. The van der Waals surface area contributed by atoms with E-state index in [4.69, 9.17) is 4.74 Å². The van der Waals surface area contributed by atoms with E-state index < -0.39 is 23.2 Å². The van der Waals surface area contributed by atoms with Crippen LogP contribution in [0.1, 0.15) is 57.6 Å². The second-order valence-corrected chi connectivity index (χ2v) is 8.19. The SMILES string of the molecule is CC(C)NCC(O)COc1cccc2c1CCC2CC(=O)C(=O)C(C)(C)N=O. The van der Waals surface area contributed by atoms with Crippen molar-refractivity contribution in [2.24, 2.45) is 5.18 Å². The van der Waals surface area contributed by atoms with Gasteiger partial charge in [-0.3, -0.25) is 9.59 Å². The molecule has 7 heteroatoms. The number of rotatable bonds is 11. The van der Waals surface area contributed by atoms with Gasteiger partial charge in [0.15, 0.2) is 5.54 Å². The molecule has 1 aliphatic rings. The van der Waals surface area contributed by atoms with E-state index in [1.807, 2.05) is 32.0 Å². The second-order valence-electron chi connectivity index (χ2n) is 8.19. The molecule has 0 saturated carbocycles. The summed E-state index contributed by atoms with van der Waals surface area (Å²) in [6, 6.07) is 5.94. The Morgan fingerprint density at radius 2 is 2.07 bits per heavy atom. The van der Waals surface area contributed by atoms with Gasteiger partial charge in [-0.05, 0) is 49.8 Å². The lowest BCUT2D eigenvalue weighted by Crippen LogP contribution is -2.35. The van der Waals surface area contributed by atoms with Gasteiger partial charge in [-0.1, -0.05) is 31.2 Å². The number of carbonyl (C=O) groups is 2. The fourth-order valence-corrected chi connectivity index (χ4v) is 3.37. The van der Waals surface area contributed by atoms with Crippen molar-refractivity contribution in [3.8, 4) is 5.75 Å². The van der Waals surface area contributed by atoms with Crippen LogP contribution < -0.4 is 10.1 Å². The number of Topliss-reactive ketones (excluding diaryl/α,β-unsaturated/α-hetero) is 2. The zero-order chi connectivity index (χ0) is 20.9. The van der Waals surface area contributed by atoms with Crippen molar-refractivity contribution < 1.29 is 19.4 Å². The van der Waals surface area contributed by atoms with Crippen LogP contribution in [0.25, 0.3) is 0 Å². The molecule has 0 fully saturated rings. The normalized spacial score (nSPS) is 17.3. The summed E-state index contributed by atoms with van der Waals surface area (Å²) in [7, 11) is 0. The fourth-order valence-electron chi connectivity index (χ4n) is 3.37. The lowest BCUT2D eigenvalue weighted by atomic mass is 9.89. The molecule has 2 unspecified atom stereocenters. The van der Waals surface area contributed by atoms with Crippen molar-refractivity contribution in [2.45, 2.75) is 70.6 Å². The number of aliphatic hydroxyl groups excluding tert-OH is 1. The van der Waals surface area contributed by atoms with Crippen LogP contribution in [-0.4, -0.2) is 47.5 Å². The summed E-state index contributed by atoms with van der Waals surface area (Å²) in [5, 5.41) is 16.0. The molecular weight excluding hydrogens is 360 g/mol. The van der Waals surface area contributed by atoms with Crippen LogP contribution in [0.5, 0.6) is 5.75 Å². The standard InChI is InChI=1S/C21H30N2O5/c1-13(2)22-11-15(24)12-28-19-7-5-6-16-14(8-9-17(16)19)10-18(25)20(26)21(3,4)23-27/h5-7,13-15,22,24H,8-12H2,1-4H3. The Kier molecular flexibility index (Phi) is 7.43. The maximum absolute atomic E-state index is 12.3. The van der Waals surface area contributed by atoms with Crippen molar-refractivity contribution in [1.82, 2.24) is 5.32 Å². The molecule has 7 nitrogen and oxygen atoms in total. The van der Waals surface area contributed by atoms with Crippen LogP contribution in [0.2, 0.25) is 0 Å². The lowest BCUT2D eigenvalue weighted by Gasteiger charge is -2.17. The number of ketones is 2. The number of ether oxygens (including phenoxy) is 1. The molecule has 2 atom stereocenters. The first-order valence-electron chi connectivity index (χ1n) is 9.74. The first kappa shape index (κ1) is 22.2. The number of hydrogen-bond acceptors (Lipinski definition) is 7. The number of hydrogen-bond donors (Lipinski definition) is 2. The van der Waals surface area contributed by atoms with Crippen LogP contribution >= 0.6 is 0 Å². The van der Waals surface area contributed by atoms with Crippen molar-refractivity contribution >= 4 is 11.6 Å². The van der Waals surface area contributed by atoms with Crippen molar-refractivity contribution in [1.29, 1.82) is 0 Å². The molecule has 0 amide bonds. The van der Waals surface area contributed by atoms with Crippen LogP contribution in [0.15, 0.2) is 23.4 Å². The first-order valence-corrected chi connectivity index (χ1v) is 9.74. The highest BCUT2D eigenvalue weighted by Crippen LogP contribution is 2.40. The van der Waals surface area contributed by atoms with E-state index in [9.17, 15) is 19.6 Å². The smallest absolute Gasteiger partial charge is 0.228 e. The minimum Gasteiger partial charge on any atom is -0.491 e. The molecule has 0 bridgehead atoms. The molecule has 2 N–H and O–H groups in total. The zero-order valence-electron chi connectivity index (χ0n) is 17.0. The zero-order valence-corrected chi connectivity index (χ0v) is 17.0. The predicted octanol–water partition coefficient (Wildman–Crippen LogP) is 2.53. The third-order valence-electron chi connectivity index (χ3n) is 5.01. The molecule has 0 spiro atoms. The lowest BCUT2D eigenvalue weighted by molar-refractivity contribution is -0.139. The van der Waals surface area contributed by atoms with Crippen LogP contribution in [-0.2, 0) is 16.0 Å². The van der Waals surface area contributed by atoms with E-state index in [0.717, 1.165) is 24.0 Å². The Labute approximate surface area is 165 Å². The fraction of sp³-hybridized carbons (Fsp3) is 0.619. The first-order chi connectivity index (χ1) is 13.2. The third kappa shape index (κ3) is 5.45. The number of carbonyl (C=O) groups excluding carboxylic acids is 2. The van der Waals surface area contributed by atoms with Crippen LogP contribution in [0.4, 0.5) is 0 Å². The summed E-state index contributed by atoms with van der Waals surface area (Å²) in [5.74, 6) is -0.685. The van der Waals surface area contributed by atoms with Gasteiger partial charge < -0.3 is 15.2 Å². The third-order valence-corrected chi connectivity index (χ3v) is 5.01. The van der Waals surface area contributed by atoms with Crippen molar-refractivity contribution in [2.75, 3.05) is 13.2 Å². The van der Waals surface area contributed by atoms with Gasteiger partial charge in [-0.15, -0.1) is 4.91 Å². The minimum atomic E-state index is -1.52. The molecule has 0 aliphatic heterocycles. The summed E-state index contributed by atoms with van der Waals surface area (Å²) in [4.78, 5) is 35.3. The van der Waals surface area contributed by atoms with Crippen molar-refractivity contribution in [3.05, 3.63) is 34.2 Å². The van der Waals surface area contributed by atoms with E-state index in [0.29, 0.717) is 12.3 Å². The quantitative estimate of drug-likeness (QED) is 0.444. The number of benzene rings is 1. The summed E-state index contributed by atoms with van der Waals surface area (Å²) in [6.45, 7) is 7.36. The van der Waals surface area contributed by atoms with Crippen molar-refractivity contribution in [3.63, 3.8) is 0 Å². The number of aliphatic hydroxyl groups is 1. The van der Waals surface area contributed by atoms with Gasteiger partial charge in [0.05, 0.1) is 0 Å². The molecule has 154 valence electrons. The average Bonchev–Trinajstić information content (AvgIpc) is 3.07. The second kappa shape index (κ2) is 9.39. The summed E-state index contributed by atoms with van der Waals surface area (Å²) >= 11 is 0. The molecule has 0 radical (unpaired) electrons. The van der Waals surface area contributed by atoms with E-state index in [1.54, 1.807) is 0 Å². The maximum atomic E-state index is 12.3. The van der Waals surface area contributed by atoms with Gasteiger partial charge >= 0.3 is 0 Å². The van der Waals surface area contributed by atoms with Crippen LogP contribution in [0, 0.1) is 4.91 Å². The monoisotopic (exact) mass is 390 g/mol. The molecule has 0 saturated heterocycles. The summed E-state index contributed by atoms with van der Waals surface area (Å²) < 4.78 is 5.82. The van der Waals surface area contributed by atoms with Gasteiger partial charge in [0.25, 0.3) is 0 Å². The number of nitroso groups, excluding NO2 is 1. The topological polar surface area (TPSA) is 105 Å². The Morgan fingerprint density at radius 3 is 2.71 bits per heavy atom. The Balaban J connectivity index is 2.02. The Morgan fingerprint density at radius 1 is 1.36 bits per heavy atom. The number of nitrogens with zero attached hydrogens (tertiary/aromatic N) is 1. The molecule has 0 aromatic heterocycles. The minimum absolute atomic E-state index is 0.0647. The van der Waals surface area contributed by atoms with Gasteiger partial charge in [-0.25, -0.2) is 0 Å². The van der Waals surface area contributed by atoms with Gasteiger partial charge in [-0.2, -0.15) is 0 Å². The van der Waals surface area contributed by atoms with E-state index in [2.05, 4.69) is 10.5 Å². The van der Waals surface area contributed by atoms with E-state index in [1.165, 1.54) is 13.8 Å². The molecule has 2 rings (SSSR count). The molecule has 1 aromatic carbocycles. The Hall–Kier alpha value is -2.12. The molecule has 1 aromatic rings. The molecule has 1 aliphatic carbocycles. The van der Waals surface area contributed by atoms with Gasteiger partial charge in [0.2, 0.25) is 11.6 Å². The maximum Gasteiger partial charge on any atom is 0.228 e. The highest BCUT2D eigenvalue weighted by atomic mass is 16.5. The average molecular weight is 390 g/mol. The summed E-state index contributed by atoms with van der Waals surface area (Å²) in [5.41, 5.74) is 0.485. The molecule has 0 heterocycles. The number of fused-ring (bicyclic) bond motifs is 1. The predicted molar refractivity (Wildman–Crippen MR) is 107 cm³/mol. The van der Waals surface area contributed by atoms with Crippen LogP contribution in [0.3, 0.4) is 0 Å². The van der Waals surface area contributed by atoms with Gasteiger partial charge in [0.1, 0.15) is 18.5 Å². The largest absolute Gasteiger partial charge is 0.491 e. The molecular formula is C21H30N2O5. The van der Waals surface area contributed by atoms with E-state index >= 15 is 0 Å². The Bertz CT molecular complexity index is 730.